The second-order valence-electron chi connectivity index (χ2n) is 3.87. The van der Waals surface area contributed by atoms with Gasteiger partial charge in [0.15, 0.2) is 5.65 Å². The Hall–Kier alpha value is -2.96. The zero-order valence-corrected chi connectivity index (χ0v) is 9.66. The average Bonchev–Trinajstić information content (AvgIpc) is 2.88. The molecule has 0 bridgehead atoms. The molecule has 0 aliphatic rings. The first-order valence-electron chi connectivity index (χ1n) is 5.48. The number of rotatable bonds is 3. The van der Waals surface area contributed by atoms with E-state index in [9.17, 15) is 4.79 Å². The van der Waals surface area contributed by atoms with Crippen LogP contribution in [0.15, 0.2) is 36.8 Å². The maximum atomic E-state index is 10.9. The number of nitrogens with zero attached hydrogens (tertiary/aromatic N) is 3. The molecule has 0 spiro atoms. The average molecular weight is 255 g/mol. The molecule has 0 aliphatic carbocycles. The summed E-state index contributed by atoms with van der Waals surface area (Å²) in [7, 11) is 0. The Kier molecular flexibility index (Phi) is 2.57. The van der Waals surface area contributed by atoms with E-state index in [1.54, 1.807) is 18.3 Å². The highest BCUT2D eigenvalue weighted by Gasteiger charge is 2.07. The van der Waals surface area contributed by atoms with Crippen LogP contribution in [-0.4, -0.2) is 31.2 Å². The van der Waals surface area contributed by atoms with E-state index in [0.717, 1.165) is 5.39 Å². The molecule has 2 heterocycles. The third kappa shape index (κ3) is 2.08. The van der Waals surface area contributed by atoms with Crippen LogP contribution >= 0.6 is 0 Å². The summed E-state index contributed by atoms with van der Waals surface area (Å²) in [5.41, 5.74) is 1.47. The van der Waals surface area contributed by atoms with Crippen molar-refractivity contribution in [2.45, 2.75) is 0 Å². The number of H-pyrrole nitrogens is 1. The van der Waals surface area contributed by atoms with E-state index in [0.29, 0.717) is 17.2 Å². The number of fused-ring (bicyclic) bond motifs is 1. The molecule has 1 aromatic carbocycles. The van der Waals surface area contributed by atoms with Crippen molar-refractivity contribution in [1.82, 2.24) is 20.2 Å². The molecule has 7 nitrogen and oxygen atoms in total. The van der Waals surface area contributed by atoms with Crippen molar-refractivity contribution in [3.63, 3.8) is 0 Å². The van der Waals surface area contributed by atoms with Crippen LogP contribution in [0.1, 0.15) is 10.4 Å². The van der Waals surface area contributed by atoms with Gasteiger partial charge >= 0.3 is 5.97 Å². The molecule has 94 valence electrons. The number of carboxylic acids is 1. The number of aromatic amines is 1. The van der Waals surface area contributed by atoms with Gasteiger partial charge in [-0.25, -0.2) is 14.8 Å². The van der Waals surface area contributed by atoms with Gasteiger partial charge < -0.3 is 10.4 Å². The Bertz CT molecular complexity index is 752. The van der Waals surface area contributed by atoms with E-state index >= 15 is 0 Å². The number of nitrogens with one attached hydrogen (secondary N) is 2. The van der Waals surface area contributed by atoms with Gasteiger partial charge in [-0.2, -0.15) is 5.10 Å². The predicted octanol–water partition coefficient (Wildman–Crippen LogP) is 1.79. The minimum atomic E-state index is -0.972. The smallest absolute Gasteiger partial charge is 0.335 e. The summed E-state index contributed by atoms with van der Waals surface area (Å²) in [6.45, 7) is 0. The van der Waals surface area contributed by atoms with Gasteiger partial charge in [0.1, 0.15) is 12.1 Å². The highest BCUT2D eigenvalue weighted by Crippen LogP contribution is 2.21. The molecule has 0 fully saturated rings. The van der Waals surface area contributed by atoms with Crippen LogP contribution in [0.4, 0.5) is 11.5 Å². The van der Waals surface area contributed by atoms with Gasteiger partial charge in [0, 0.05) is 5.69 Å². The topological polar surface area (TPSA) is 104 Å². The fraction of sp³-hybridized carbons (Fsp3) is 0. The van der Waals surface area contributed by atoms with Gasteiger partial charge in [0.05, 0.1) is 17.1 Å². The Morgan fingerprint density at radius 3 is 3.05 bits per heavy atom. The van der Waals surface area contributed by atoms with E-state index in [-0.39, 0.29) is 5.56 Å². The fourth-order valence-electron chi connectivity index (χ4n) is 1.73. The molecule has 0 radical (unpaired) electrons. The summed E-state index contributed by atoms with van der Waals surface area (Å²) in [6, 6.07) is 6.50. The van der Waals surface area contributed by atoms with E-state index in [4.69, 9.17) is 5.11 Å². The monoisotopic (exact) mass is 255 g/mol. The molecular formula is C12H9N5O2. The van der Waals surface area contributed by atoms with Crippen molar-refractivity contribution in [3.8, 4) is 0 Å². The Morgan fingerprint density at radius 1 is 1.32 bits per heavy atom. The third-order valence-electron chi connectivity index (χ3n) is 2.62. The third-order valence-corrected chi connectivity index (χ3v) is 2.62. The number of anilines is 2. The summed E-state index contributed by atoms with van der Waals surface area (Å²) in [6.07, 6.45) is 3.02. The molecule has 0 amide bonds. The van der Waals surface area contributed by atoms with E-state index in [1.807, 2.05) is 0 Å². The van der Waals surface area contributed by atoms with Gasteiger partial charge in [-0.3, -0.25) is 5.10 Å². The number of aromatic nitrogens is 4. The summed E-state index contributed by atoms with van der Waals surface area (Å²) in [4.78, 5) is 19.1. The molecule has 2 aromatic heterocycles. The van der Waals surface area contributed by atoms with Crippen molar-refractivity contribution in [2.24, 2.45) is 0 Å². The number of benzene rings is 1. The van der Waals surface area contributed by atoms with E-state index in [2.05, 4.69) is 25.5 Å². The van der Waals surface area contributed by atoms with Crippen LogP contribution < -0.4 is 5.32 Å². The summed E-state index contributed by atoms with van der Waals surface area (Å²) >= 11 is 0. The van der Waals surface area contributed by atoms with Crippen LogP contribution in [0.25, 0.3) is 11.0 Å². The molecule has 3 N–H and O–H groups in total. The van der Waals surface area contributed by atoms with Crippen molar-refractivity contribution < 1.29 is 9.90 Å². The van der Waals surface area contributed by atoms with Crippen LogP contribution in [0.5, 0.6) is 0 Å². The molecular weight excluding hydrogens is 246 g/mol. The number of aromatic carboxylic acids is 1. The predicted molar refractivity (Wildman–Crippen MR) is 68.4 cm³/mol. The van der Waals surface area contributed by atoms with Gasteiger partial charge in [-0.15, -0.1) is 0 Å². The zero-order valence-electron chi connectivity index (χ0n) is 9.66. The Balaban J connectivity index is 1.99. The van der Waals surface area contributed by atoms with Crippen LogP contribution in [0.3, 0.4) is 0 Å². The first kappa shape index (κ1) is 11.1. The van der Waals surface area contributed by atoms with Crippen molar-refractivity contribution >= 4 is 28.5 Å². The van der Waals surface area contributed by atoms with Gasteiger partial charge in [-0.05, 0) is 18.2 Å². The summed E-state index contributed by atoms with van der Waals surface area (Å²) in [5, 5.41) is 19.4. The lowest BCUT2D eigenvalue weighted by molar-refractivity contribution is 0.0697. The summed E-state index contributed by atoms with van der Waals surface area (Å²) < 4.78 is 0. The largest absolute Gasteiger partial charge is 0.478 e. The number of hydrogen-bond acceptors (Lipinski definition) is 5. The maximum Gasteiger partial charge on any atom is 0.335 e. The highest BCUT2D eigenvalue weighted by molar-refractivity contribution is 5.91. The van der Waals surface area contributed by atoms with E-state index < -0.39 is 5.97 Å². The van der Waals surface area contributed by atoms with Crippen molar-refractivity contribution in [2.75, 3.05) is 5.32 Å². The SMILES string of the molecule is O=C(O)c1cccc(Nc2ncnc3[nH]ncc23)c1. The Labute approximate surface area is 107 Å². The molecule has 7 heteroatoms. The quantitative estimate of drug-likeness (QED) is 0.659. The summed E-state index contributed by atoms with van der Waals surface area (Å²) in [5.74, 6) is -0.402. The minimum Gasteiger partial charge on any atom is -0.478 e. The number of carbonyl (C=O) groups is 1. The molecule has 0 unspecified atom stereocenters. The fourth-order valence-corrected chi connectivity index (χ4v) is 1.73. The second kappa shape index (κ2) is 4.37. The minimum absolute atomic E-state index is 0.211. The van der Waals surface area contributed by atoms with E-state index in [1.165, 1.54) is 18.5 Å². The van der Waals surface area contributed by atoms with Gasteiger partial charge in [0.2, 0.25) is 0 Å². The lowest BCUT2D eigenvalue weighted by atomic mass is 10.2. The van der Waals surface area contributed by atoms with Crippen LogP contribution in [-0.2, 0) is 0 Å². The first-order valence-corrected chi connectivity index (χ1v) is 5.48. The van der Waals surface area contributed by atoms with Crippen LogP contribution in [0, 0.1) is 0 Å². The van der Waals surface area contributed by atoms with Crippen molar-refractivity contribution in [3.05, 3.63) is 42.4 Å². The van der Waals surface area contributed by atoms with Crippen molar-refractivity contribution in [1.29, 1.82) is 0 Å². The molecule has 0 saturated heterocycles. The number of carboxylic acid groups (broad SMARTS) is 1. The first-order chi connectivity index (χ1) is 9.24. The molecule has 19 heavy (non-hydrogen) atoms. The maximum absolute atomic E-state index is 10.9. The molecule has 0 saturated carbocycles. The molecule has 3 rings (SSSR count). The second-order valence-corrected chi connectivity index (χ2v) is 3.87. The number of hydrogen-bond donors (Lipinski definition) is 3. The standard InChI is InChI=1S/C12H9N5O2/c18-12(19)7-2-1-3-8(4-7)16-10-9-5-15-17-11(9)14-6-13-10/h1-6H,(H,18,19)(H2,13,14,15,16,17). The highest BCUT2D eigenvalue weighted by atomic mass is 16.4. The lowest BCUT2D eigenvalue weighted by Crippen LogP contribution is -1.99. The molecule has 0 aliphatic heterocycles. The van der Waals surface area contributed by atoms with Crippen LogP contribution in [0.2, 0.25) is 0 Å². The van der Waals surface area contributed by atoms with Gasteiger partial charge in [-0.1, -0.05) is 6.07 Å². The zero-order chi connectivity index (χ0) is 13.2. The Morgan fingerprint density at radius 2 is 2.21 bits per heavy atom. The molecule has 0 atom stereocenters. The molecule has 3 aromatic rings. The normalized spacial score (nSPS) is 10.5. The van der Waals surface area contributed by atoms with Gasteiger partial charge in [0.25, 0.3) is 0 Å². The lowest BCUT2D eigenvalue weighted by Gasteiger charge is -2.06.